The molecule has 0 aromatic carbocycles. The molecule has 1 heterocycles. The number of rotatable bonds is 1. The Hall–Kier alpha value is -0.200. The number of ether oxygens (including phenoxy) is 1. The third-order valence-corrected chi connectivity index (χ3v) is 1.52. The van der Waals surface area contributed by atoms with Crippen molar-refractivity contribution >= 4 is 0 Å². The van der Waals surface area contributed by atoms with Crippen molar-refractivity contribution < 1.29 is 25.2 Å². The SMILES string of the molecule is OCC1OC(O)[C@H](O)[C@H]1O. The highest BCUT2D eigenvalue weighted by atomic mass is 16.6. The molecular weight excluding hydrogens is 140 g/mol. The van der Waals surface area contributed by atoms with E-state index >= 15 is 0 Å². The van der Waals surface area contributed by atoms with Gasteiger partial charge < -0.3 is 25.2 Å². The minimum atomic E-state index is -1.38. The summed E-state index contributed by atoms with van der Waals surface area (Å²) in [7, 11) is 0. The van der Waals surface area contributed by atoms with E-state index in [0.717, 1.165) is 0 Å². The molecule has 0 saturated carbocycles. The molecule has 0 aromatic rings. The first-order chi connectivity index (χ1) is 4.66. The lowest BCUT2D eigenvalue weighted by Gasteiger charge is -2.09. The van der Waals surface area contributed by atoms with Crippen molar-refractivity contribution in [2.75, 3.05) is 6.61 Å². The van der Waals surface area contributed by atoms with E-state index in [-0.39, 0.29) is 0 Å². The first-order valence-corrected chi connectivity index (χ1v) is 2.97. The van der Waals surface area contributed by atoms with E-state index < -0.39 is 31.2 Å². The Morgan fingerprint density at radius 1 is 1.10 bits per heavy atom. The Morgan fingerprint density at radius 2 is 1.70 bits per heavy atom. The first-order valence-electron chi connectivity index (χ1n) is 2.97. The van der Waals surface area contributed by atoms with Crippen LogP contribution in [0.4, 0.5) is 0 Å². The van der Waals surface area contributed by atoms with Crippen LogP contribution in [-0.2, 0) is 4.74 Å². The van der Waals surface area contributed by atoms with Crippen LogP contribution in [0.5, 0.6) is 0 Å². The summed E-state index contributed by atoms with van der Waals surface area (Å²) in [5.74, 6) is 0. The van der Waals surface area contributed by atoms with E-state index in [1.54, 1.807) is 0 Å². The zero-order chi connectivity index (χ0) is 7.72. The molecule has 0 bridgehead atoms. The zero-order valence-corrected chi connectivity index (χ0v) is 5.21. The minimum absolute atomic E-state index is 0.407. The molecule has 2 unspecified atom stereocenters. The lowest BCUT2D eigenvalue weighted by Crippen LogP contribution is -2.33. The van der Waals surface area contributed by atoms with Crippen LogP contribution in [0, 0.1) is 0 Å². The zero-order valence-electron chi connectivity index (χ0n) is 5.21. The molecule has 1 fully saturated rings. The van der Waals surface area contributed by atoms with E-state index in [1.807, 2.05) is 0 Å². The molecule has 4 N–H and O–H groups in total. The molecular formula is C5H10O5. The fourth-order valence-electron chi connectivity index (χ4n) is 0.880. The fourth-order valence-corrected chi connectivity index (χ4v) is 0.880. The predicted molar refractivity (Wildman–Crippen MR) is 30.0 cm³/mol. The van der Waals surface area contributed by atoms with Gasteiger partial charge in [-0.3, -0.25) is 0 Å². The van der Waals surface area contributed by atoms with E-state index in [1.165, 1.54) is 0 Å². The number of hydrogen-bond donors (Lipinski definition) is 4. The average Bonchev–Trinajstić information content (AvgIpc) is 2.17. The van der Waals surface area contributed by atoms with E-state index in [2.05, 4.69) is 4.74 Å². The Labute approximate surface area is 57.5 Å². The second-order valence-electron chi connectivity index (χ2n) is 2.23. The highest BCUT2D eigenvalue weighted by Crippen LogP contribution is 2.18. The lowest BCUT2D eigenvalue weighted by atomic mass is 10.1. The Balaban J connectivity index is 2.53. The minimum Gasteiger partial charge on any atom is -0.394 e. The van der Waals surface area contributed by atoms with Crippen molar-refractivity contribution in [3.63, 3.8) is 0 Å². The second-order valence-corrected chi connectivity index (χ2v) is 2.23. The topological polar surface area (TPSA) is 90.2 Å². The van der Waals surface area contributed by atoms with Gasteiger partial charge in [-0.1, -0.05) is 0 Å². The smallest absolute Gasteiger partial charge is 0.184 e. The summed E-state index contributed by atoms with van der Waals surface area (Å²) in [6, 6.07) is 0. The van der Waals surface area contributed by atoms with Gasteiger partial charge in [-0.15, -0.1) is 0 Å². The fraction of sp³-hybridized carbons (Fsp3) is 1.00. The maximum absolute atomic E-state index is 8.93. The van der Waals surface area contributed by atoms with Gasteiger partial charge in [0.2, 0.25) is 0 Å². The molecule has 1 saturated heterocycles. The Morgan fingerprint density at radius 3 is 1.90 bits per heavy atom. The molecule has 1 rings (SSSR count). The van der Waals surface area contributed by atoms with Gasteiger partial charge in [-0.05, 0) is 0 Å². The summed E-state index contributed by atoms with van der Waals surface area (Å²) >= 11 is 0. The van der Waals surface area contributed by atoms with Gasteiger partial charge in [0.25, 0.3) is 0 Å². The molecule has 1 aliphatic rings. The van der Waals surface area contributed by atoms with Crippen molar-refractivity contribution in [2.45, 2.75) is 24.6 Å². The summed E-state index contributed by atoms with van der Waals surface area (Å²) in [5, 5.41) is 35.0. The molecule has 1 aliphatic heterocycles. The van der Waals surface area contributed by atoms with Crippen LogP contribution in [0.25, 0.3) is 0 Å². The van der Waals surface area contributed by atoms with Crippen LogP contribution < -0.4 is 0 Å². The van der Waals surface area contributed by atoms with E-state index in [0.29, 0.717) is 0 Å². The summed E-state index contributed by atoms with van der Waals surface area (Å²) in [4.78, 5) is 0. The molecule has 5 nitrogen and oxygen atoms in total. The van der Waals surface area contributed by atoms with Crippen LogP contribution in [0.1, 0.15) is 0 Å². The largest absolute Gasteiger partial charge is 0.394 e. The van der Waals surface area contributed by atoms with E-state index in [4.69, 9.17) is 20.4 Å². The molecule has 10 heavy (non-hydrogen) atoms. The molecule has 0 spiro atoms. The molecule has 4 atom stereocenters. The van der Waals surface area contributed by atoms with Crippen LogP contribution >= 0.6 is 0 Å². The van der Waals surface area contributed by atoms with Crippen LogP contribution in [0.3, 0.4) is 0 Å². The van der Waals surface area contributed by atoms with Crippen molar-refractivity contribution in [3.8, 4) is 0 Å². The molecule has 0 aliphatic carbocycles. The lowest BCUT2D eigenvalue weighted by molar-refractivity contribution is -0.132. The Kier molecular flexibility index (Phi) is 2.22. The van der Waals surface area contributed by atoms with Crippen LogP contribution in [0.2, 0.25) is 0 Å². The van der Waals surface area contributed by atoms with E-state index in [9.17, 15) is 0 Å². The third kappa shape index (κ3) is 1.14. The van der Waals surface area contributed by atoms with Gasteiger partial charge in [-0.25, -0.2) is 0 Å². The van der Waals surface area contributed by atoms with Gasteiger partial charge in [0, 0.05) is 0 Å². The number of aliphatic hydroxyl groups is 4. The molecule has 0 amide bonds. The highest BCUT2D eigenvalue weighted by Gasteiger charge is 2.41. The summed E-state index contributed by atoms with van der Waals surface area (Å²) < 4.78 is 4.54. The van der Waals surface area contributed by atoms with Gasteiger partial charge >= 0.3 is 0 Å². The summed E-state index contributed by atoms with van der Waals surface area (Å²) in [6.07, 6.45) is -4.76. The second kappa shape index (κ2) is 2.81. The van der Waals surface area contributed by atoms with Gasteiger partial charge in [-0.2, -0.15) is 0 Å². The Bertz CT molecular complexity index is 117. The van der Waals surface area contributed by atoms with Crippen molar-refractivity contribution in [1.29, 1.82) is 0 Å². The monoisotopic (exact) mass is 150 g/mol. The summed E-state index contributed by atoms with van der Waals surface area (Å²) in [5.41, 5.74) is 0. The highest BCUT2D eigenvalue weighted by molar-refractivity contribution is 4.84. The molecule has 0 radical (unpaired) electrons. The average molecular weight is 150 g/mol. The quantitative estimate of drug-likeness (QED) is 0.329. The normalized spacial score (nSPS) is 48.0. The van der Waals surface area contributed by atoms with Gasteiger partial charge in [0.1, 0.15) is 18.3 Å². The summed E-state index contributed by atoms with van der Waals surface area (Å²) in [6.45, 7) is -0.407. The van der Waals surface area contributed by atoms with Crippen molar-refractivity contribution in [2.24, 2.45) is 0 Å². The maximum Gasteiger partial charge on any atom is 0.184 e. The third-order valence-electron chi connectivity index (χ3n) is 1.52. The van der Waals surface area contributed by atoms with Crippen LogP contribution in [-0.4, -0.2) is 51.6 Å². The molecule has 5 heteroatoms. The van der Waals surface area contributed by atoms with Crippen molar-refractivity contribution in [3.05, 3.63) is 0 Å². The van der Waals surface area contributed by atoms with Crippen molar-refractivity contribution in [1.82, 2.24) is 0 Å². The standard InChI is InChI=1S/C5H10O5/c6-1-2-3(7)4(8)5(9)10-2/h2-9H,1H2/t2?,3-,4+,5?/m0/s1. The maximum atomic E-state index is 8.93. The molecule has 0 aromatic heterocycles. The first kappa shape index (κ1) is 7.90. The number of aliphatic hydroxyl groups excluding tert-OH is 4. The molecule has 60 valence electrons. The van der Waals surface area contributed by atoms with Crippen LogP contribution in [0.15, 0.2) is 0 Å². The predicted octanol–water partition coefficient (Wildman–Crippen LogP) is -2.58. The number of hydrogen-bond acceptors (Lipinski definition) is 5. The van der Waals surface area contributed by atoms with Gasteiger partial charge in [0.05, 0.1) is 6.61 Å². The van der Waals surface area contributed by atoms with Gasteiger partial charge in [0.15, 0.2) is 6.29 Å².